The number of esters is 1. The van der Waals surface area contributed by atoms with Crippen molar-refractivity contribution in [1.29, 1.82) is 0 Å². The summed E-state index contributed by atoms with van der Waals surface area (Å²) in [5, 5.41) is 3.31. The SMILES string of the molecule is CC.CC(C)Nc1ccc(COC(=O)C(C)C)cc1. The normalized spacial score (nSPS) is 9.89. The van der Waals surface area contributed by atoms with Crippen molar-refractivity contribution in [2.45, 2.75) is 54.2 Å². The summed E-state index contributed by atoms with van der Waals surface area (Å²) in [6.45, 7) is 12.2. The third-order valence-electron chi connectivity index (χ3n) is 2.26. The zero-order valence-electron chi connectivity index (χ0n) is 13.0. The summed E-state index contributed by atoms with van der Waals surface area (Å²) in [6, 6.07) is 8.35. The summed E-state index contributed by atoms with van der Waals surface area (Å²) in [6.07, 6.45) is 0. The first-order valence-electron chi connectivity index (χ1n) is 7.01. The van der Waals surface area contributed by atoms with Crippen LogP contribution >= 0.6 is 0 Å². The smallest absolute Gasteiger partial charge is 0.308 e. The van der Waals surface area contributed by atoms with Crippen molar-refractivity contribution in [3.8, 4) is 0 Å². The number of carbonyl (C=O) groups excluding carboxylic acids is 1. The van der Waals surface area contributed by atoms with Crippen molar-refractivity contribution in [2.24, 2.45) is 5.92 Å². The molecule has 0 heterocycles. The van der Waals surface area contributed by atoms with E-state index in [1.165, 1.54) is 0 Å². The maximum Gasteiger partial charge on any atom is 0.308 e. The summed E-state index contributed by atoms with van der Waals surface area (Å²) in [5.41, 5.74) is 2.09. The van der Waals surface area contributed by atoms with Crippen LogP contribution < -0.4 is 5.32 Å². The molecule has 1 aromatic rings. The molecule has 0 bridgehead atoms. The molecule has 0 saturated heterocycles. The molecule has 19 heavy (non-hydrogen) atoms. The predicted molar refractivity (Wildman–Crippen MR) is 81.2 cm³/mol. The fourth-order valence-electron chi connectivity index (χ4n) is 1.35. The van der Waals surface area contributed by atoms with Crippen molar-refractivity contribution < 1.29 is 9.53 Å². The third kappa shape index (κ3) is 7.50. The highest BCUT2D eigenvalue weighted by molar-refractivity contribution is 5.71. The summed E-state index contributed by atoms with van der Waals surface area (Å²) < 4.78 is 5.15. The second-order valence-corrected chi connectivity index (χ2v) is 4.76. The van der Waals surface area contributed by atoms with E-state index in [-0.39, 0.29) is 11.9 Å². The number of nitrogens with one attached hydrogen (secondary N) is 1. The van der Waals surface area contributed by atoms with Crippen LogP contribution in [-0.4, -0.2) is 12.0 Å². The highest BCUT2D eigenvalue weighted by Crippen LogP contribution is 2.12. The highest BCUT2D eigenvalue weighted by Gasteiger charge is 2.07. The fourth-order valence-corrected chi connectivity index (χ4v) is 1.35. The average Bonchev–Trinajstić information content (AvgIpc) is 2.39. The lowest BCUT2D eigenvalue weighted by Crippen LogP contribution is -2.11. The van der Waals surface area contributed by atoms with E-state index >= 15 is 0 Å². The number of anilines is 1. The molecule has 0 aromatic heterocycles. The molecule has 0 saturated carbocycles. The molecule has 0 atom stereocenters. The van der Waals surface area contributed by atoms with E-state index < -0.39 is 0 Å². The Morgan fingerprint density at radius 2 is 1.63 bits per heavy atom. The van der Waals surface area contributed by atoms with E-state index in [9.17, 15) is 4.79 Å². The minimum absolute atomic E-state index is 0.0723. The molecule has 1 N–H and O–H groups in total. The van der Waals surface area contributed by atoms with Gasteiger partial charge in [-0.15, -0.1) is 0 Å². The van der Waals surface area contributed by atoms with E-state index in [1.54, 1.807) is 0 Å². The molecule has 1 rings (SSSR count). The van der Waals surface area contributed by atoms with Crippen molar-refractivity contribution in [3.63, 3.8) is 0 Å². The Hall–Kier alpha value is -1.51. The van der Waals surface area contributed by atoms with E-state index in [1.807, 2.05) is 52.0 Å². The molecule has 1 aromatic carbocycles. The van der Waals surface area contributed by atoms with Gasteiger partial charge in [0.25, 0.3) is 0 Å². The Kier molecular flexibility index (Phi) is 8.68. The Bertz CT molecular complexity index is 356. The predicted octanol–water partition coefficient (Wildman–Crippen LogP) is 4.23. The third-order valence-corrected chi connectivity index (χ3v) is 2.26. The molecule has 0 spiro atoms. The van der Waals surface area contributed by atoms with E-state index in [0.29, 0.717) is 12.6 Å². The molecule has 0 radical (unpaired) electrons. The summed E-state index contributed by atoms with van der Waals surface area (Å²) >= 11 is 0. The van der Waals surface area contributed by atoms with E-state index in [4.69, 9.17) is 4.74 Å². The molecular formula is C16H27NO2. The van der Waals surface area contributed by atoms with Crippen molar-refractivity contribution in [1.82, 2.24) is 0 Å². The maximum atomic E-state index is 11.3. The molecule has 0 aliphatic rings. The summed E-state index contributed by atoms with van der Waals surface area (Å²) in [7, 11) is 0. The number of carbonyl (C=O) groups is 1. The quantitative estimate of drug-likeness (QED) is 0.810. The van der Waals surface area contributed by atoms with Gasteiger partial charge in [-0.1, -0.05) is 39.8 Å². The van der Waals surface area contributed by atoms with Gasteiger partial charge in [0.1, 0.15) is 6.61 Å². The lowest BCUT2D eigenvalue weighted by atomic mass is 10.2. The van der Waals surface area contributed by atoms with Gasteiger partial charge in [0.15, 0.2) is 0 Å². The van der Waals surface area contributed by atoms with Crippen molar-refractivity contribution >= 4 is 11.7 Å². The lowest BCUT2D eigenvalue weighted by molar-refractivity contribution is -0.148. The zero-order chi connectivity index (χ0) is 14.8. The van der Waals surface area contributed by atoms with Crippen molar-refractivity contribution in [2.75, 3.05) is 5.32 Å². The topological polar surface area (TPSA) is 38.3 Å². The van der Waals surface area contributed by atoms with Crippen LogP contribution in [0.4, 0.5) is 5.69 Å². The maximum absolute atomic E-state index is 11.3. The van der Waals surface area contributed by atoms with Gasteiger partial charge in [0.05, 0.1) is 5.92 Å². The molecule has 3 nitrogen and oxygen atoms in total. The van der Waals surface area contributed by atoms with E-state index in [0.717, 1.165) is 11.3 Å². The van der Waals surface area contributed by atoms with Crippen LogP contribution in [0.1, 0.15) is 47.1 Å². The van der Waals surface area contributed by atoms with Crippen LogP contribution in [-0.2, 0) is 16.1 Å². The summed E-state index contributed by atoms with van der Waals surface area (Å²) in [5.74, 6) is -0.230. The monoisotopic (exact) mass is 265 g/mol. The largest absolute Gasteiger partial charge is 0.461 e. The molecule has 0 amide bonds. The van der Waals surface area contributed by atoms with Gasteiger partial charge in [0, 0.05) is 11.7 Å². The van der Waals surface area contributed by atoms with Gasteiger partial charge < -0.3 is 10.1 Å². The molecule has 0 aliphatic carbocycles. The lowest BCUT2D eigenvalue weighted by Gasteiger charge is -2.11. The molecule has 3 heteroatoms. The van der Waals surface area contributed by atoms with Crippen LogP contribution in [0.3, 0.4) is 0 Å². The Morgan fingerprint density at radius 3 is 2.05 bits per heavy atom. The summed E-state index contributed by atoms with van der Waals surface area (Å²) in [4.78, 5) is 11.3. The van der Waals surface area contributed by atoms with Crippen LogP contribution in [0.15, 0.2) is 24.3 Å². The Morgan fingerprint density at radius 1 is 1.11 bits per heavy atom. The number of hydrogen-bond donors (Lipinski definition) is 1. The van der Waals surface area contributed by atoms with Crippen LogP contribution in [0, 0.1) is 5.92 Å². The number of benzene rings is 1. The van der Waals surface area contributed by atoms with Gasteiger partial charge in [-0.3, -0.25) is 4.79 Å². The first-order valence-corrected chi connectivity index (χ1v) is 7.01. The Balaban J connectivity index is 0.00000154. The van der Waals surface area contributed by atoms with Gasteiger partial charge >= 0.3 is 5.97 Å². The second kappa shape index (κ2) is 9.42. The molecule has 0 unspecified atom stereocenters. The molecule has 108 valence electrons. The van der Waals surface area contributed by atoms with Gasteiger partial charge in [-0.05, 0) is 31.5 Å². The van der Waals surface area contributed by atoms with Crippen molar-refractivity contribution in [3.05, 3.63) is 29.8 Å². The number of ether oxygens (including phenoxy) is 1. The molecule has 0 aliphatic heterocycles. The van der Waals surface area contributed by atoms with Gasteiger partial charge in [-0.25, -0.2) is 0 Å². The zero-order valence-corrected chi connectivity index (χ0v) is 13.0. The molecule has 0 fully saturated rings. The fraction of sp³-hybridized carbons (Fsp3) is 0.562. The van der Waals surface area contributed by atoms with Gasteiger partial charge in [-0.2, -0.15) is 0 Å². The van der Waals surface area contributed by atoms with Crippen LogP contribution in [0.2, 0.25) is 0 Å². The average molecular weight is 265 g/mol. The number of rotatable bonds is 5. The van der Waals surface area contributed by atoms with Gasteiger partial charge in [0.2, 0.25) is 0 Å². The standard InChI is InChI=1S/C14H21NO2.C2H6/c1-10(2)14(16)17-9-12-5-7-13(8-6-12)15-11(3)4;1-2/h5-8,10-11,15H,9H2,1-4H3;1-2H3. The van der Waals surface area contributed by atoms with E-state index in [2.05, 4.69) is 19.2 Å². The molecular weight excluding hydrogens is 238 g/mol. The van der Waals surface area contributed by atoms with Crippen LogP contribution in [0.25, 0.3) is 0 Å². The Labute approximate surface area is 117 Å². The first-order chi connectivity index (χ1) is 8.99. The van der Waals surface area contributed by atoms with Crippen LogP contribution in [0.5, 0.6) is 0 Å². The first kappa shape index (κ1) is 17.5. The number of hydrogen-bond acceptors (Lipinski definition) is 3. The minimum Gasteiger partial charge on any atom is -0.461 e. The second-order valence-electron chi connectivity index (χ2n) is 4.76. The minimum atomic E-state index is -0.158. The highest BCUT2D eigenvalue weighted by atomic mass is 16.5.